The highest BCUT2D eigenvalue weighted by atomic mass is 32.2. The molecule has 0 fully saturated rings. The molecule has 1 atom stereocenters. The smallest absolute Gasteiger partial charge is 0.251 e. The molecule has 0 saturated heterocycles. The van der Waals surface area contributed by atoms with Crippen LogP contribution in [-0.2, 0) is 11.8 Å². The first-order chi connectivity index (χ1) is 17.4. The molecule has 1 heterocycles. The molecule has 0 bridgehead atoms. The third-order valence-electron chi connectivity index (χ3n) is 5.82. The van der Waals surface area contributed by atoms with E-state index in [1.54, 1.807) is 31.4 Å². The van der Waals surface area contributed by atoms with Gasteiger partial charge in [-0.1, -0.05) is 55.9 Å². The lowest BCUT2D eigenvalue weighted by Crippen LogP contribution is -2.33. The molecule has 36 heavy (non-hydrogen) atoms. The average Bonchev–Trinajstić information content (AvgIpc) is 3.25. The van der Waals surface area contributed by atoms with Crippen molar-refractivity contribution < 1.29 is 14.3 Å². The number of carbonyl (C=O) groups excluding carboxylic acids is 2. The number of nitrogens with one attached hydrogen (secondary N) is 2. The fourth-order valence-electron chi connectivity index (χ4n) is 3.81. The van der Waals surface area contributed by atoms with Gasteiger partial charge in [-0.2, -0.15) is 0 Å². The molecule has 0 aliphatic rings. The van der Waals surface area contributed by atoms with Gasteiger partial charge in [0.1, 0.15) is 5.75 Å². The average molecular weight is 504 g/mol. The number of benzene rings is 3. The summed E-state index contributed by atoms with van der Waals surface area (Å²) in [5, 5.41) is 17.4. The van der Waals surface area contributed by atoms with Gasteiger partial charge in [-0.3, -0.25) is 9.59 Å². The van der Waals surface area contributed by atoms with E-state index in [9.17, 15) is 9.59 Å². The van der Waals surface area contributed by atoms with Crippen LogP contribution < -0.4 is 15.4 Å². The Kier molecular flexibility index (Phi) is 7.90. The monoisotopic (exact) mass is 503 g/mol. The van der Waals surface area contributed by atoms with Gasteiger partial charge < -0.3 is 19.9 Å². The summed E-state index contributed by atoms with van der Waals surface area (Å²) in [7, 11) is 3.43. The third-order valence-corrected chi connectivity index (χ3v) is 6.84. The van der Waals surface area contributed by atoms with Crippen LogP contribution in [-0.4, -0.2) is 39.4 Å². The number of amides is 2. The Labute approximate surface area is 214 Å². The molecule has 0 spiro atoms. The fourth-order valence-corrected chi connectivity index (χ4v) is 4.53. The number of methoxy groups -OCH3 is 1. The predicted octanol–water partition coefficient (Wildman–Crippen LogP) is 4.83. The summed E-state index contributed by atoms with van der Waals surface area (Å²) in [6.07, 6.45) is 0. The minimum Gasteiger partial charge on any atom is -0.497 e. The molecule has 0 unspecified atom stereocenters. The Morgan fingerprint density at radius 1 is 1.00 bits per heavy atom. The SMILES string of the molecule is COc1ccc(C(=O)N[C@@H](c2nnc(SCC(=O)Nc3ccc4ccccc4c3)n2C)C(C)C)cc1. The number of hydrogen-bond acceptors (Lipinski definition) is 6. The van der Waals surface area contributed by atoms with Crippen molar-refractivity contribution in [3.63, 3.8) is 0 Å². The molecule has 1 aromatic heterocycles. The summed E-state index contributed by atoms with van der Waals surface area (Å²) in [5.74, 6) is 1.24. The van der Waals surface area contributed by atoms with Crippen molar-refractivity contribution in [2.75, 3.05) is 18.2 Å². The molecular weight excluding hydrogens is 474 g/mol. The van der Waals surface area contributed by atoms with Gasteiger partial charge in [0, 0.05) is 18.3 Å². The number of thioether (sulfide) groups is 1. The molecule has 4 aromatic rings. The quantitative estimate of drug-likeness (QED) is 0.317. The summed E-state index contributed by atoms with van der Waals surface area (Å²) >= 11 is 1.30. The van der Waals surface area contributed by atoms with Crippen LogP contribution in [0.1, 0.15) is 36.1 Å². The van der Waals surface area contributed by atoms with Gasteiger partial charge in [0.25, 0.3) is 5.91 Å². The molecule has 8 nitrogen and oxygen atoms in total. The minimum absolute atomic E-state index is 0.0733. The Morgan fingerprint density at radius 3 is 2.42 bits per heavy atom. The fraction of sp³-hybridized carbons (Fsp3) is 0.259. The van der Waals surface area contributed by atoms with Crippen molar-refractivity contribution in [2.45, 2.75) is 25.0 Å². The van der Waals surface area contributed by atoms with Crippen molar-refractivity contribution in [1.82, 2.24) is 20.1 Å². The summed E-state index contributed by atoms with van der Waals surface area (Å²) in [5.41, 5.74) is 1.28. The molecule has 186 valence electrons. The number of anilines is 1. The zero-order valence-corrected chi connectivity index (χ0v) is 21.5. The van der Waals surface area contributed by atoms with E-state index in [2.05, 4.69) is 20.8 Å². The van der Waals surface area contributed by atoms with Crippen LogP contribution in [0, 0.1) is 5.92 Å². The van der Waals surface area contributed by atoms with Gasteiger partial charge in [0.15, 0.2) is 11.0 Å². The van der Waals surface area contributed by atoms with E-state index in [4.69, 9.17) is 4.74 Å². The number of fused-ring (bicyclic) bond motifs is 1. The van der Waals surface area contributed by atoms with E-state index in [0.717, 1.165) is 16.5 Å². The van der Waals surface area contributed by atoms with Gasteiger partial charge in [-0.25, -0.2) is 0 Å². The van der Waals surface area contributed by atoms with Gasteiger partial charge in [-0.05, 0) is 53.1 Å². The number of aromatic nitrogens is 3. The largest absolute Gasteiger partial charge is 0.497 e. The van der Waals surface area contributed by atoms with Crippen LogP contribution in [0.25, 0.3) is 10.8 Å². The van der Waals surface area contributed by atoms with Crippen molar-refractivity contribution in [3.8, 4) is 5.75 Å². The van der Waals surface area contributed by atoms with Gasteiger partial charge in [-0.15, -0.1) is 10.2 Å². The normalized spacial score (nSPS) is 11.9. The van der Waals surface area contributed by atoms with Crippen LogP contribution in [0.4, 0.5) is 5.69 Å². The minimum atomic E-state index is -0.349. The molecule has 3 aromatic carbocycles. The topological polar surface area (TPSA) is 98.1 Å². The Balaban J connectivity index is 1.39. The summed E-state index contributed by atoms with van der Waals surface area (Å²) < 4.78 is 6.99. The highest BCUT2D eigenvalue weighted by Gasteiger charge is 2.25. The summed E-state index contributed by atoms with van der Waals surface area (Å²) in [6.45, 7) is 4.02. The molecule has 9 heteroatoms. The lowest BCUT2D eigenvalue weighted by molar-refractivity contribution is -0.113. The second kappa shape index (κ2) is 11.3. The number of nitrogens with zero attached hydrogens (tertiary/aromatic N) is 3. The zero-order valence-electron chi connectivity index (χ0n) is 20.7. The van der Waals surface area contributed by atoms with E-state index < -0.39 is 0 Å². The Morgan fingerprint density at radius 2 is 1.72 bits per heavy atom. The molecule has 2 N–H and O–H groups in total. The molecule has 4 rings (SSSR count). The van der Waals surface area contributed by atoms with Crippen molar-refractivity contribution in [3.05, 3.63) is 78.1 Å². The number of hydrogen-bond donors (Lipinski definition) is 2. The van der Waals surface area contributed by atoms with Gasteiger partial charge in [0.2, 0.25) is 5.91 Å². The first kappa shape index (κ1) is 25.2. The summed E-state index contributed by atoms with van der Waals surface area (Å²) in [4.78, 5) is 25.4. The molecule has 2 amide bonds. The third kappa shape index (κ3) is 5.85. The highest BCUT2D eigenvalue weighted by molar-refractivity contribution is 7.99. The second-order valence-corrected chi connectivity index (χ2v) is 9.66. The summed E-state index contributed by atoms with van der Waals surface area (Å²) in [6, 6.07) is 20.4. The maximum absolute atomic E-state index is 12.9. The van der Waals surface area contributed by atoms with E-state index in [-0.39, 0.29) is 29.5 Å². The Bertz CT molecular complexity index is 1370. The van der Waals surface area contributed by atoms with E-state index in [0.29, 0.717) is 22.3 Å². The van der Waals surface area contributed by atoms with Gasteiger partial charge in [0.05, 0.1) is 18.9 Å². The van der Waals surface area contributed by atoms with Crippen LogP contribution in [0.3, 0.4) is 0 Å². The van der Waals surface area contributed by atoms with E-state index in [1.165, 1.54) is 11.8 Å². The van der Waals surface area contributed by atoms with Crippen molar-refractivity contribution >= 4 is 40.0 Å². The number of carbonyl (C=O) groups is 2. The molecule has 0 aliphatic heterocycles. The zero-order chi connectivity index (χ0) is 25.7. The Hall–Kier alpha value is -3.85. The molecule has 0 saturated carbocycles. The van der Waals surface area contributed by atoms with Crippen molar-refractivity contribution in [2.24, 2.45) is 13.0 Å². The lowest BCUT2D eigenvalue weighted by Gasteiger charge is -2.21. The first-order valence-corrected chi connectivity index (χ1v) is 12.6. The first-order valence-electron chi connectivity index (χ1n) is 11.6. The van der Waals surface area contributed by atoms with E-state index in [1.807, 2.05) is 67.9 Å². The van der Waals surface area contributed by atoms with Crippen LogP contribution >= 0.6 is 11.8 Å². The van der Waals surface area contributed by atoms with E-state index >= 15 is 0 Å². The standard InChI is InChI=1S/C27H29N5O3S/c1-17(2)24(29-26(34)19-10-13-22(35-4)14-11-19)25-30-31-27(32(25)3)36-16-23(33)28-21-12-9-18-7-5-6-8-20(18)15-21/h5-15,17,24H,16H2,1-4H3,(H,28,33)(H,29,34)/t24-/m1/s1. The maximum Gasteiger partial charge on any atom is 0.251 e. The number of rotatable bonds is 9. The lowest BCUT2D eigenvalue weighted by atomic mass is 10.0. The molecular formula is C27H29N5O3S. The predicted molar refractivity (Wildman–Crippen MR) is 142 cm³/mol. The van der Waals surface area contributed by atoms with Crippen LogP contribution in [0.2, 0.25) is 0 Å². The number of ether oxygens (including phenoxy) is 1. The van der Waals surface area contributed by atoms with Gasteiger partial charge >= 0.3 is 0 Å². The maximum atomic E-state index is 12.9. The van der Waals surface area contributed by atoms with Crippen LogP contribution in [0.5, 0.6) is 5.75 Å². The molecule has 0 aliphatic carbocycles. The second-order valence-electron chi connectivity index (χ2n) is 8.72. The van der Waals surface area contributed by atoms with Crippen LogP contribution in [0.15, 0.2) is 71.9 Å². The molecule has 0 radical (unpaired) electrons. The highest BCUT2D eigenvalue weighted by Crippen LogP contribution is 2.25. The van der Waals surface area contributed by atoms with Crippen molar-refractivity contribution in [1.29, 1.82) is 0 Å².